The third-order valence-corrected chi connectivity index (χ3v) is 4.56. The third-order valence-electron chi connectivity index (χ3n) is 3.07. The molecule has 2 unspecified atom stereocenters. The number of carbonyl (C=O) groups is 1. The normalized spacial score (nSPS) is 13.5. The predicted molar refractivity (Wildman–Crippen MR) is 88.2 cm³/mol. The zero-order chi connectivity index (χ0) is 16.1. The smallest absolute Gasteiger partial charge is 0.315 e. The number of hydrogen-bond acceptors (Lipinski definition) is 4. The number of carbonyl (C=O) groups excluding carboxylic acids is 1. The SMILES string of the molecule is Cc1csc(C(C)NC(=O)NCC(O)c2ccccc2Cl)n1. The number of hydrogen-bond donors (Lipinski definition) is 3. The molecule has 0 saturated carbocycles. The van der Waals surface area contributed by atoms with E-state index in [-0.39, 0.29) is 18.6 Å². The molecule has 0 aliphatic rings. The van der Waals surface area contributed by atoms with E-state index in [1.54, 1.807) is 24.3 Å². The van der Waals surface area contributed by atoms with Crippen molar-refractivity contribution in [3.8, 4) is 0 Å². The Morgan fingerprint density at radius 3 is 2.82 bits per heavy atom. The lowest BCUT2D eigenvalue weighted by Gasteiger charge is -2.16. The largest absolute Gasteiger partial charge is 0.387 e. The molecule has 1 aromatic heterocycles. The standard InChI is InChI=1S/C15H18ClN3O2S/c1-9-8-22-14(18-9)10(2)19-15(21)17-7-13(20)11-5-3-4-6-12(11)16/h3-6,8,10,13,20H,7H2,1-2H3,(H2,17,19,21). The summed E-state index contributed by atoms with van der Waals surface area (Å²) < 4.78 is 0. The van der Waals surface area contributed by atoms with Gasteiger partial charge in [0.1, 0.15) is 5.01 Å². The fourth-order valence-corrected chi connectivity index (χ4v) is 2.99. The molecular formula is C15H18ClN3O2S. The van der Waals surface area contributed by atoms with Gasteiger partial charge in [0.05, 0.1) is 12.1 Å². The van der Waals surface area contributed by atoms with Gasteiger partial charge in [0.2, 0.25) is 0 Å². The molecular weight excluding hydrogens is 322 g/mol. The molecule has 2 atom stereocenters. The molecule has 22 heavy (non-hydrogen) atoms. The molecule has 0 saturated heterocycles. The average molecular weight is 340 g/mol. The zero-order valence-corrected chi connectivity index (χ0v) is 13.9. The molecule has 0 aliphatic heterocycles. The molecule has 0 radical (unpaired) electrons. The van der Waals surface area contributed by atoms with E-state index in [1.807, 2.05) is 19.2 Å². The van der Waals surface area contributed by atoms with E-state index < -0.39 is 6.10 Å². The minimum Gasteiger partial charge on any atom is -0.387 e. The first kappa shape index (κ1) is 16.7. The van der Waals surface area contributed by atoms with Crippen LogP contribution in [0.2, 0.25) is 5.02 Å². The molecule has 3 N–H and O–H groups in total. The first-order valence-electron chi connectivity index (χ1n) is 6.86. The fraction of sp³-hybridized carbons (Fsp3) is 0.333. The predicted octanol–water partition coefficient (Wildman–Crippen LogP) is 3.20. The minimum absolute atomic E-state index is 0.0825. The van der Waals surface area contributed by atoms with E-state index in [0.717, 1.165) is 10.7 Å². The highest BCUT2D eigenvalue weighted by Gasteiger charge is 2.15. The van der Waals surface area contributed by atoms with Gasteiger partial charge in [0, 0.05) is 28.2 Å². The molecule has 0 spiro atoms. The van der Waals surface area contributed by atoms with Crippen LogP contribution < -0.4 is 10.6 Å². The van der Waals surface area contributed by atoms with Crippen molar-refractivity contribution < 1.29 is 9.90 Å². The van der Waals surface area contributed by atoms with Gasteiger partial charge in [-0.1, -0.05) is 29.8 Å². The van der Waals surface area contributed by atoms with E-state index in [9.17, 15) is 9.90 Å². The van der Waals surface area contributed by atoms with E-state index in [0.29, 0.717) is 10.6 Å². The zero-order valence-electron chi connectivity index (χ0n) is 12.3. The Bertz CT molecular complexity index is 647. The summed E-state index contributed by atoms with van der Waals surface area (Å²) in [6.45, 7) is 3.86. The van der Waals surface area contributed by atoms with Crippen molar-refractivity contribution in [3.63, 3.8) is 0 Å². The summed E-state index contributed by atoms with van der Waals surface area (Å²) in [6.07, 6.45) is -0.850. The van der Waals surface area contributed by atoms with Gasteiger partial charge in [-0.05, 0) is 19.9 Å². The van der Waals surface area contributed by atoms with Crippen LogP contribution in [0, 0.1) is 6.92 Å². The molecule has 0 bridgehead atoms. The number of aryl methyl sites for hydroxylation is 1. The van der Waals surface area contributed by atoms with Gasteiger partial charge in [-0.25, -0.2) is 9.78 Å². The summed E-state index contributed by atoms with van der Waals surface area (Å²) in [6, 6.07) is 6.47. The molecule has 0 fully saturated rings. The Labute approximate surface area is 138 Å². The van der Waals surface area contributed by atoms with Crippen molar-refractivity contribution in [2.24, 2.45) is 0 Å². The third kappa shape index (κ3) is 4.43. The van der Waals surface area contributed by atoms with Crippen molar-refractivity contribution in [1.29, 1.82) is 0 Å². The van der Waals surface area contributed by atoms with Crippen molar-refractivity contribution in [3.05, 3.63) is 50.9 Å². The molecule has 1 aromatic carbocycles. The van der Waals surface area contributed by atoms with Gasteiger partial charge in [-0.15, -0.1) is 11.3 Å². The molecule has 2 amide bonds. The summed E-state index contributed by atoms with van der Waals surface area (Å²) in [5.74, 6) is 0. The maximum absolute atomic E-state index is 11.9. The number of urea groups is 1. The van der Waals surface area contributed by atoms with Crippen LogP contribution in [0.4, 0.5) is 4.79 Å². The fourth-order valence-electron chi connectivity index (χ4n) is 1.93. The highest BCUT2D eigenvalue weighted by Crippen LogP contribution is 2.22. The number of amides is 2. The molecule has 2 rings (SSSR count). The molecule has 118 valence electrons. The lowest BCUT2D eigenvalue weighted by molar-refractivity contribution is 0.172. The molecule has 1 heterocycles. The van der Waals surface area contributed by atoms with Crippen LogP contribution in [0.1, 0.15) is 35.3 Å². The number of aliphatic hydroxyl groups is 1. The highest BCUT2D eigenvalue weighted by atomic mass is 35.5. The van der Waals surface area contributed by atoms with Gasteiger partial charge in [0.25, 0.3) is 0 Å². The van der Waals surface area contributed by atoms with Crippen molar-refractivity contribution >= 4 is 29.0 Å². The van der Waals surface area contributed by atoms with Crippen LogP contribution in [-0.2, 0) is 0 Å². The van der Waals surface area contributed by atoms with E-state index in [4.69, 9.17) is 11.6 Å². The van der Waals surface area contributed by atoms with Crippen LogP contribution in [-0.4, -0.2) is 22.7 Å². The number of nitrogens with zero attached hydrogens (tertiary/aromatic N) is 1. The molecule has 7 heteroatoms. The maximum atomic E-state index is 11.9. The summed E-state index contributed by atoms with van der Waals surface area (Å²) in [4.78, 5) is 16.2. The Hall–Kier alpha value is -1.63. The van der Waals surface area contributed by atoms with Gasteiger partial charge >= 0.3 is 6.03 Å². The first-order valence-corrected chi connectivity index (χ1v) is 8.12. The number of halogens is 1. The first-order chi connectivity index (χ1) is 10.5. The molecule has 0 aliphatic carbocycles. The van der Waals surface area contributed by atoms with Crippen LogP contribution in [0.3, 0.4) is 0 Å². The monoisotopic (exact) mass is 339 g/mol. The second-order valence-corrected chi connectivity index (χ2v) is 6.24. The quantitative estimate of drug-likeness (QED) is 0.783. The number of thiazole rings is 1. The average Bonchev–Trinajstić information content (AvgIpc) is 2.92. The number of aliphatic hydroxyl groups excluding tert-OH is 1. The van der Waals surface area contributed by atoms with E-state index >= 15 is 0 Å². The Balaban J connectivity index is 1.84. The lowest BCUT2D eigenvalue weighted by atomic mass is 10.1. The van der Waals surface area contributed by atoms with Crippen LogP contribution in [0.25, 0.3) is 0 Å². The lowest BCUT2D eigenvalue weighted by Crippen LogP contribution is -2.39. The summed E-state index contributed by atoms with van der Waals surface area (Å²) >= 11 is 7.51. The van der Waals surface area contributed by atoms with Crippen LogP contribution in [0.15, 0.2) is 29.6 Å². The highest BCUT2D eigenvalue weighted by molar-refractivity contribution is 7.09. The Morgan fingerprint density at radius 1 is 1.45 bits per heavy atom. The number of aromatic nitrogens is 1. The van der Waals surface area contributed by atoms with E-state index in [2.05, 4.69) is 15.6 Å². The number of nitrogens with one attached hydrogen (secondary N) is 2. The maximum Gasteiger partial charge on any atom is 0.315 e. The van der Waals surface area contributed by atoms with Crippen molar-refractivity contribution in [1.82, 2.24) is 15.6 Å². The van der Waals surface area contributed by atoms with Gasteiger partial charge in [-0.3, -0.25) is 0 Å². The number of benzene rings is 1. The second-order valence-electron chi connectivity index (χ2n) is 4.94. The number of rotatable bonds is 5. The van der Waals surface area contributed by atoms with Crippen LogP contribution >= 0.6 is 22.9 Å². The Kier molecular flexibility index (Phi) is 5.76. The van der Waals surface area contributed by atoms with Crippen LogP contribution in [0.5, 0.6) is 0 Å². The van der Waals surface area contributed by atoms with Crippen molar-refractivity contribution in [2.45, 2.75) is 26.0 Å². The summed E-state index contributed by atoms with van der Waals surface area (Å²) in [5.41, 5.74) is 1.52. The summed E-state index contributed by atoms with van der Waals surface area (Å²) in [5, 5.41) is 18.7. The second kappa shape index (κ2) is 7.58. The van der Waals surface area contributed by atoms with Crippen molar-refractivity contribution in [2.75, 3.05) is 6.54 Å². The summed E-state index contributed by atoms with van der Waals surface area (Å²) in [7, 11) is 0. The van der Waals surface area contributed by atoms with Gasteiger partial charge < -0.3 is 15.7 Å². The topological polar surface area (TPSA) is 74.2 Å². The minimum atomic E-state index is -0.850. The Morgan fingerprint density at radius 2 is 2.18 bits per heavy atom. The van der Waals surface area contributed by atoms with E-state index in [1.165, 1.54) is 11.3 Å². The van der Waals surface area contributed by atoms with Gasteiger partial charge in [0.15, 0.2) is 0 Å². The van der Waals surface area contributed by atoms with Gasteiger partial charge in [-0.2, -0.15) is 0 Å². The molecule has 5 nitrogen and oxygen atoms in total. The molecule has 2 aromatic rings.